The number of hydrogen-bond donors (Lipinski definition) is 0. The van der Waals surface area contributed by atoms with Crippen LogP contribution in [0.3, 0.4) is 0 Å². The van der Waals surface area contributed by atoms with E-state index in [2.05, 4.69) is 5.10 Å². The first-order valence-corrected chi connectivity index (χ1v) is 14.5. The lowest BCUT2D eigenvalue weighted by Crippen LogP contribution is -2.48. The molecule has 10 nitrogen and oxygen atoms in total. The van der Waals surface area contributed by atoms with Crippen molar-refractivity contribution in [3.05, 3.63) is 11.4 Å². The van der Waals surface area contributed by atoms with Gasteiger partial charge in [-0.25, -0.2) is 16.8 Å². The monoisotopic (exact) mass is 488 g/mol. The lowest BCUT2D eigenvalue weighted by molar-refractivity contribution is -0.136. The maximum atomic E-state index is 13.4. The van der Waals surface area contributed by atoms with E-state index < -0.39 is 19.9 Å². The van der Waals surface area contributed by atoms with Gasteiger partial charge in [0.1, 0.15) is 11.4 Å². The molecule has 1 atom stereocenters. The van der Waals surface area contributed by atoms with Crippen LogP contribution in [0.5, 0.6) is 0 Å². The van der Waals surface area contributed by atoms with Gasteiger partial charge in [0.2, 0.25) is 15.9 Å². The molecule has 0 spiro atoms. The maximum absolute atomic E-state index is 13.4. The maximum Gasteiger partial charge on any atom is 0.246 e. The summed E-state index contributed by atoms with van der Waals surface area (Å²) >= 11 is 0. The van der Waals surface area contributed by atoms with Crippen molar-refractivity contribution in [3.63, 3.8) is 0 Å². The molecule has 3 fully saturated rings. The van der Waals surface area contributed by atoms with E-state index >= 15 is 0 Å². The molecule has 32 heavy (non-hydrogen) atoms. The zero-order valence-electron chi connectivity index (χ0n) is 18.7. The van der Waals surface area contributed by atoms with Crippen molar-refractivity contribution in [2.75, 3.05) is 37.8 Å². The van der Waals surface area contributed by atoms with E-state index in [9.17, 15) is 21.6 Å². The molecule has 1 aliphatic carbocycles. The number of hydrogen-bond acceptors (Lipinski definition) is 7. The highest BCUT2D eigenvalue weighted by atomic mass is 32.2. The van der Waals surface area contributed by atoms with Crippen LogP contribution in [0, 0.1) is 13.8 Å². The molecule has 1 amide bonds. The van der Waals surface area contributed by atoms with E-state index in [4.69, 9.17) is 4.74 Å². The Morgan fingerprint density at radius 1 is 1.12 bits per heavy atom. The molecule has 1 aromatic heterocycles. The van der Waals surface area contributed by atoms with Gasteiger partial charge in [0.05, 0.1) is 36.1 Å². The Morgan fingerprint density at radius 3 is 2.38 bits per heavy atom. The molecule has 3 heterocycles. The molecule has 0 unspecified atom stereocenters. The van der Waals surface area contributed by atoms with Crippen LogP contribution < -0.4 is 0 Å². The van der Waals surface area contributed by atoms with Gasteiger partial charge in [0, 0.05) is 25.2 Å². The summed E-state index contributed by atoms with van der Waals surface area (Å²) in [6.07, 6.45) is 4.25. The van der Waals surface area contributed by atoms with Gasteiger partial charge in [0.25, 0.3) is 0 Å². The third-order valence-electron chi connectivity index (χ3n) is 6.78. The Kier molecular flexibility index (Phi) is 6.68. The molecule has 180 valence electrons. The molecule has 0 radical (unpaired) electrons. The van der Waals surface area contributed by atoms with Crippen LogP contribution >= 0.6 is 0 Å². The number of rotatable bonds is 6. The lowest BCUT2D eigenvalue weighted by atomic mass is 10.1. The fourth-order valence-corrected chi connectivity index (χ4v) is 8.71. The van der Waals surface area contributed by atoms with E-state index in [1.54, 1.807) is 18.7 Å². The third-order valence-corrected chi connectivity index (χ3v) is 10.7. The summed E-state index contributed by atoms with van der Waals surface area (Å²) in [6, 6.07) is -0.279. The molecule has 1 aromatic rings. The molecule has 0 N–H and O–H groups in total. The second-order valence-electron chi connectivity index (χ2n) is 8.97. The highest BCUT2D eigenvalue weighted by Crippen LogP contribution is 2.30. The molecule has 0 aromatic carbocycles. The van der Waals surface area contributed by atoms with Gasteiger partial charge >= 0.3 is 0 Å². The predicted octanol–water partition coefficient (Wildman–Crippen LogP) is 0.479. The van der Waals surface area contributed by atoms with Crippen molar-refractivity contribution >= 4 is 25.8 Å². The summed E-state index contributed by atoms with van der Waals surface area (Å²) in [5, 5.41) is 4.39. The summed E-state index contributed by atoms with van der Waals surface area (Å²) in [5.41, 5.74) is 0.783. The number of sulfone groups is 1. The minimum Gasteiger partial charge on any atom is -0.379 e. The molecule has 3 aliphatic rings. The highest BCUT2D eigenvalue weighted by Gasteiger charge is 2.39. The van der Waals surface area contributed by atoms with Crippen LogP contribution in [-0.4, -0.2) is 91.6 Å². The van der Waals surface area contributed by atoms with Crippen LogP contribution in [0.1, 0.15) is 43.5 Å². The Hall–Kier alpha value is -1.50. The van der Waals surface area contributed by atoms with Gasteiger partial charge in [-0.2, -0.15) is 9.40 Å². The van der Waals surface area contributed by atoms with Crippen molar-refractivity contribution in [1.29, 1.82) is 0 Å². The summed E-state index contributed by atoms with van der Waals surface area (Å²) in [7, 11) is -6.87. The predicted molar refractivity (Wildman–Crippen MR) is 117 cm³/mol. The molecule has 0 bridgehead atoms. The first kappa shape index (κ1) is 23.7. The van der Waals surface area contributed by atoms with Crippen LogP contribution in [0.25, 0.3) is 0 Å². The summed E-state index contributed by atoms with van der Waals surface area (Å²) in [4.78, 5) is 15.3. The second kappa shape index (κ2) is 9.03. The average Bonchev–Trinajstić information content (AvgIpc) is 3.44. The van der Waals surface area contributed by atoms with Gasteiger partial charge in [-0.3, -0.25) is 9.48 Å². The van der Waals surface area contributed by atoms with Crippen LogP contribution in [0.2, 0.25) is 0 Å². The molecule has 2 aliphatic heterocycles. The van der Waals surface area contributed by atoms with Crippen molar-refractivity contribution in [1.82, 2.24) is 19.0 Å². The van der Waals surface area contributed by atoms with Crippen LogP contribution in [0.15, 0.2) is 4.90 Å². The zero-order chi connectivity index (χ0) is 23.1. The van der Waals surface area contributed by atoms with E-state index in [-0.39, 0.29) is 54.0 Å². The molecule has 4 rings (SSSR count). The zero-order valence-corrected chi connectivity index (χ0v) is 20.3. The van der Waals surface area contributed by atoms with E-state index in [1.165, 1.54) is 8.99 Å². The molecular weight excluding hydrogens is 456 g/mol. The van der Waals surface area contributed by atoms with Crippen molar-refractivity contribution in [2.24, 2.45) is 0 Å². The van der Waals surface area contributed by atoms with Crippen molar-refractivity contribution in [2.45, 2.75) is 69.5 Å². The van der Waals surface area contributed by atoms with E-state index in [1.807, 2.05) is 0 Å². The normalized spacial score (nSPS) is 24.8. The minimum atomic E-state index is -3.74. The largest absolute Gasteiger partial charge is 0.379 e. The van der Waals surface area contributed by atoms with Gasteiger partial charge in [-0.1, -0.05) is 12.8 Å². The molecule has 1 saturated carbocycles. The fraction of sp³-hybridized carbons (Fsp3) is 0.800. The van der Waals surface area contributed by atoms with E-state index in [0.29, 0.717) is 31.0 Å². The van der Waals surface area contributed by atoms with E-state index in [0.717, 1.165) is 25.7 Å². The van der Waals surface area contributed by atoms with Gasteiger partial charge < -0.3 is 9.64 Å². The van der Waals surface area contributed by atoms with Gasteiger partial charge in [-0.05, 0) is 33.1 Å². The first-order chi connectivity index (χ1) is 15.1. The SMILES string of the molecule is Cc1nn(CC(=O)N(C2CCCC2)[C@H]2CCS(=O)(=O)C2)c(C)c1S(=O)(=O)N1CCOCC1. The number of sulfonamides is 1. The highest BCUT2D eigenvalue weighted by molar-refractivity contribution is 7.91. The molecule has 2 saturated heterocycles. The Balaban J connectivity index is 1.58. The molecular formula is C20H32N4O6S2. The number of nitrogens with zero attached hydrogens (tertiary/aromatic N) is 4. The Bertz CT molecular complexity index is 1070. The first-order valence-electron chi connectivity index (χ1n) is 11.2. The Labute approximate surface area is 189 Å². The average molecular weight is 489 g/mol. The minimum absolute atomic E-state index is 0.00299. The van der Waals surface area contributed by atoms with Crippen molar-refractivity contribution in [3.8, 4) is 0 Å². The number of carbonyl (C=O) groups is 1. The number of aromatic nitrogens is 2. The van der Waals surface area contributed by atoms with Gasteiger partial charge in [0.15, 0.2) is 9.84 Å². The number of morpholine rings is 1. The second-order valence-corrected chi connectivity index (χ2v) is 13.1. The quantitative estimate of drug-likeness (QED) is 0.571. The Morgan fingerprint density at radius 2 is 1.78 bits per heavy atom. The summed E-state index contributed by atoms with van der Waals surface area (Å²) in [6.45, 7) is 4.49. The number of aryl methyl sites for hydroxylation is 1. The smallest absolute Gasteiger partial charge is 0.246 e. The third kappa shape index (κ3) is 4.59. The van der Waals surface area contributed by atoms with Gasteiger partial charge in [-0.15, -0.1) is 0 Å². The standard InChI is InChI=1S/C20H32N4O6S2/c1-15-20(32(28,29)22-8-10-30-11-9-22)16(2)23(21-15)13-19(25)24(17-5-3-4-6-17)18-7-12-31(26,27)14-18/h17-18H,3-14H2,1-2H3/t18-/m0/s1. The summed E-state index contributed by atoms with van der Waals surface area (Å²) < 4.78 is 58.7. The molecule has 12 heteroatoms. The number of amides is 1. The van der Waals surface area contributed by atoms with Crippen LogP contribution in [0.4, 0.5) is 0 Å². The number of ether oxygens (including phenoxy) is 1. The number of carbonyl (C=O) groups excluding carboxylic acids is 1. The fourth-order valence-electron chi connectivity index (χ4n) is 5.22. The van der Waals surface area contributed by atoms with Crippen molar-refractivity contribution < 1.29 is 26.4 Å². The lowest BCUT2D eigenvalue weighted by Gasteiger charge is -2.34. The summed E-state index contributed by atoms with van der Waals surface area (Å²) in [5.74, 6) is -0.0844. The van der Waals surface area contributed by atoms with Crippen LogP contribution in [-0.2, 0) is 35.9 Å². The topological polar surface area (TPSA) is 119 Å².